The molecule has 16 heavy (non-hydrogen) atoms. The fraction of sp³-hybridized carbons (Fsp3) is 0.571. The van der Waals surface area contributed by atoms with E-state index in [9.17, 15) is 0 Å². The van der Waals surface area contributed by atoms with E-state index in [4.69, 9.17) is 10.5 Å². The maximum Gasteiger partial charge on any atom is 0.122 e. The summed E-state index contributed by atoms with van der Waals surface area (Å²) in [5.74, 6) is 1.08. The number of rotatable bonds is 2. The molecule has 1 saturated carbocycles. The van der Waals surface area contributed by atoms with Gasteiger partial charge in [0.05, 0.1) is 6.61 Å². The first-order valence-corrected chi connectivity index (χ1v) is 6.30. The Morgan fingerprint density at radius 2 is 2.06 bits per heavy atom. The van der Waals surface area contributed by atoms with Crippen molar-refractivity contribution in [1.29, 1.82) is 0 Å². The summed E-state index contributed by atoms with van der Waals surface area (Å²) in [4.78, 5) is 0. The lowest BCUT2D eigenvalue weighted by molar-refractivity contribution is 0.356. The van der Waals surface area contributed by atoms with E-state index in [1.165, 1.54) is 36.8 Å². The highest BCUT2D eigenvalue weighted by molar-refractivity contribution is 5.42. The lowest BCUT2D eigenvalue weighted by Gasteiger charge is -2.28. The van der Waals surface area contributed by atoms with Crippen molar-refractivity contribution in [3.63, 3.8) is 0 Å². The molecule has 0 radical (unpaired) electrons. The van der Waals surface area contributed by atoms with Crippen molar-refractivity contribution in [2.45, 2.75) is 37.5 Å². The Bertz CT molecular complexity index is 394. The van der Waals surface area contributed by atoms with Gasteiger partial charge < -0.3 is 10.5 Å². The summed E-state index contributed by atoms with van der Waals surface area (Å²) in [7, 11) is 0. The van der Waals surface area contributed by atoms with Gasteiger partial charge in [-0.1, -0.05) is 25.0 Å². The average Bonchev–Trinajstić information content (AvgIpc) is 2.97. The highest BCUT2D eigenvalue weighted by Gasteiger charge is 2.34. The molecule has 1 aromatic carbocycles. The van der Waals surface area contributed by atoms with E-state index in [1.807, 2.05) is 0 Å². The van der Waals surface area contributed by atoms with Gasteiger partial charge >= 0.3 is 0 Å². The number of hydrogen-bond donors (Lipinski definition) is 1. The zero-order valence-corrected chi connectivity index (χ0v) is 9.67. The number of hydrogen-bond acceptors (Lipinski definition) is 2. The minimum atomic E-state index is 0.262. The van der Waals surface area contributed by atoms with Crippen molar-refractivity contribution < 1.29 is 4.74 Å². The Labute approximate surface area is 96.8 Å². The standard InChI is InChI=1S/C14H19NO/c15-10-14(6-1-2-7-14)12-3-4-13-11(9-12)5-8-16-13/h3-4,9H,1-2,5-8,10,15H2. The summed E-state index contributed by atoms with van der Waals surface area (Å²) in [6, 6.07) is 6.69. The van der Waals surface area contributed by atoms with Crippen LogP contribution in [0.25, 0.3) is 0 Å². The molecule has 1 aromatic rings. The molecule has 3 rings (SSSR count). The molecule has 2 heteroatoms. The molecule has 0 atom stereocenters. The van der Waals surface area contributed by atoms with Gasteiger partial charge in [-0.2, -0.15) is 0 Å². The Balaban J connectivity index is 1.99. The first-order valence-electron chi connectivity index (χ1n) is 6.30. The molecule has 1 aliphatic carbocycles. The Morgan fingerprint density at radius 3 is 2.81 bits per heavy atom. The van der Waals surface area contributed by atoms with Crippen LogP contribution in [0.15, 0.2) is 18.2 Å². The van der Waals surface area contributed by atoms with E-state index >= 15 is 0 Å². The van der Waals surface area contributed by atoms with Crippen LogP contribution >= 0.6 is 0 Å². The predicted octanol–water partition coefficient (Wildman–Crippen LogP) is 2.39. The van der Waals surface area contributed by atoms with Crippen LogP contribution < -0.4 is 10.5 Å². The van der Waals surface area contributed by atoms with E-state index in [1.54, 1.807) is 0 Å². The van der Waals surface area contributed by atoms with E-state index in [0.29, 0.717) is 0 Å². The van der Waals surface area contributed by atoms with E-state index in [-0.39, 0.29) is 5.41 Å². The molecule has 86 valence electrons. The third-order valence-corrected chi connectivity index (χ3v) is 4.25. The van der Waals surface area contributed by atoms with Crippen LogP contribution in [0.2, 0.25) is 0 Å². The first kappa shape index (κ1) is 10.2. The molecule has 0 unspecified atom stereocenters. The molecule has 0 saturated heterocycles. The van der Waals surface area contributed by atoms with Gasteiger partial charge in [-0.25, -0.2) is 0 Å². The second-order valence-electron chi connectivity index (χ2n) is 5.11. The van der Waals surface area contributed by atoms with E-state index in [2.05, 4.69) is 18.2 Å². The monoisotopic (exact) mass is 217 g/mol. The molecule has 1 aliphatic heterocycles. The summed E-state index contributed by atoms with van der Waals surface area (Å²) < 4.78 is 5.55. The van der Waals surface area contributed by atoms with Crippen molar-refractivity contribution >= 4 is 0 Å². The predicted molar refractivity (Wildman–Crippen MR) is 64.8 cm³/mol. The minimum Gasteiger partial charge on any atom is -0.493 e. The second-order valence-corrected chi connectivity index (χ2v) is 5.11. The summed E-state index contributed by atoms with van der Waals surface area (Å²) in [6.07, 6.45) is 6.21. The summed E-state index contributed by atoms with van der Waals surface area (Å²) in [6.45, 7) is 1.63. The average molecular weight is 217 g/mol. The molecule has 1 fully saturated rings. The van der Waals surface area contributed by atoms with Gasteiger partial charge in [0.1, 0.15) is 5.75 Å². The lowest BCUT2D eigenvalue weighted by Crippen LogP contribution is -2.32. The highest BCUT2D eigenvalue weighted by atomic mass is 16.5. The summed E-state index contributed by atoms with van der Waals surface area (Å²) in [5.41, 5.74) is 9.09. The molecule has 2 N–H and O–H groups in total. The summed E-state index contributed by atoms with van der Waals surface area (Å²) >= 11 is 0. The maximum absolute atomic E-state index is 6.01. The molecule has 2 aliphatic rings. The van der Waals surface area contributed by atoms with Gasteiger partial charge in [-0.05, 0) is 30.0 Å². The van der Waals surface area contributed by atoms with Crippen molar-refractivity contribution in [3.05, 3.63) is 29.3 Å². The molecule has 0 aromatic heterocycles. The molecular formula is C14H19NO. The Hall–Kier alpha value is -1.02. The molecule has 0 bridgehead atoms. The molecule has 0 amide bonds. The Morgan fingerprint density at radius 1 is 1.25 bits per heavy atom. The minimum absolute atomic E-state index is 0.262. The van der Waals surface area contributed by atoms with Gasteiger partial charge in [-0.3, -0.25) is 0 Å². The van der Waals surface area contributed by atoms with Gasteiger partial charge in [0.25, 0.3) is 0 Å². The van der Waals surface area contributed by atoms with E-state index < -0.39 is 0 Å². The smallest absolute Gasteiger partial charge is 0.122 e. The summed E-state index contributed by atoms with van der Waals surface area (Å²) in [5, 5.41) is 0. The number of nitrogens with two attached hydrogens (primary N) is 1. The van der Waals surface area contributed by atoms with Gasteiger partial charge in [0, 0.05) is 18.4 Å². The van der Waals surface area contributed by atoms with Crippen LogP contribution in [0.4, 0.5) is 0 Å². The zero-order valence-electron chi connectivity index (χ0n) is 9.67. The van der Waals surface area contributed by atoms with Gasteiger partial charge in [0.15, 0.2) is 0 Å². The quantitative estimate of drug-likeness (QED) is 0.825. The largest absolute Gasteiger partial charge is 0.493 e. The highest BCUT2D eigenvalue weighted by Crippen LogP contribution is 2.42. The number of fused-ring (bicyclic) bond motifs is 1. The molecule has 0 spiro atoms. The number of benzene rings is 1. The van der Waals surface area contributed by atoms with Crippen molar-refractivity contribution in [2.75, 3.05) is 13.2 Å². The van der Waals surface area contributed by atoms with Crippen LogP contribution in [-0.2, 0) is 11.8 Å². The topological polar surface area (TPSA) is 35.2 Å². The maximum atomic E-state index is 6.01. The van der Waals surface area contributed by atoms with Crippen molar-refractivity contribution in [1.82, 2.24) is 0 Å². The van der Waals surface area contributed by atoms with Crippen LogP contribution in [0.5, 0.6) is 5.75 Å². The number of ether oxygens (including phenoxy) is 1. The first-order chi connectivity index (χ1) is 7.84. The molecular weight excluding hydrogens is 198 g/mol. The van der Waals surface area contributed by atoms with Gasteiger partial charge in [0.2, 0.25) is 0 Å². The van der Waals surface area contributed by atoms with Crippen LogP contribution in [0.1, 0.15) is 36.8 Å². The second kappa shape index (κ2) is 3.77. The SMILES string of the molecule is NCC1(c2ccc3c(c2)CCO3)CCCC1. The fourth-order valence-electron chi connectivity index (χ4n) is 3.18. The van der Waals surface area contributed by atoms with Crippen LogP contribution in [0.3, 0.4) is 0 Å². The normalized spacial score (nSPS) is 21.8. The van der Waals surface area contributed by atoms with Crippen LogP contribution in [0, 0.1) is 0 Å². The van der Waals surface area contributed by atoms with Crippen molar-refractivity contribution in [3.8, 4) is 5.75 Å². The third-order valence-electron chi connectivity index (χ3n) is 4.25. The van der Waals surface area contributed by atoms with E-state index in [0.717, 1.165) is 25.3 Å². The van der Waals surface area contributed by atoms with Crippen LogP contribution in [-0.4, -0.2) is 13.2 Å². The van der Waals surface area contributed by atoms with Gasteiger partial charge in [-0.15, -0.1) is 0 Å². The zero-order chi connectivity index (χ0) is 11.0. The Kier molecular flexibility index (Phi) is 2.40. The third kappa shape index (κ3) is 1.44. The van der Waals surface area contributed by atoms with Crippen molar-refractivity contribution in [2.24, 2.45) is 5.73 Å². The lowest BCUT2D eigenvalue weighted by atomic mass is 9.78. The molecule has 2 nitrogen and oxygen atoms in total. The molecule has 1 heterocycles. The fourth-order valence-corrected chi connectivity index (χ4v) is 3.18.